The van der Waals surface area contributed by atoms with Crippen LogP contribution in [0.15, 0.2) is 60.7 Å². The molecular formula is C18H14N2O. The molecule has 0 saturated carbocycles. The topological polar surface area (TPSA) is 64.7 Å². The maximum absolute atomic E-state index is 12.3. The van der Waals surface area contributed by atoms with Gasteiger partial charge in [-0.3, -0.25) is 4.79 Å². The number of hydrogen-bond acceptors (Lipinski definition) is 3. The quantitative estimate of drug-likeness (QED) is 0.781. The van der Waals surface area contributed by atoms with E-state index in [1.54, 1.807) is 24.3 Å². The normalized spacial score (nSPS) is 11.4. The second-order valence-corrected chi connectivity index (χ2v) is 4.75. The molecule has 0 amide bonds. The lowest BCUT2D eigenvalue weighted by molar-refractivity contribution is 0.0971. The summed E-state index contributed by atoms with van der Waals surface area (Å²) in [6, 6.07) is 22.2. The first-order valence-corrected chi connectivity index (χ1v) is 6.68. The van der Waals surface area contributed by atoms with Gasteiger partial charge in [-0.25, -0.2) is 0 Å². The molecule has 0 unspecified atom stereocenters. The summed E-state index contributed by atoms with van der Waals surface area (Å²) < 4.78 is 0. The van der Waals surface area contributed by atoms with Crippen LogP contribution >= 0.6 is 0 Å². The van der Waals surface area contributed by atoms with Gasteiger partial charge in [0.15, 0.2) is 5.78 Å². The Hall–Kier alpha value is -2.91. The van der Waals surface area contributed by atoms with Gasteiger partial charge in [0.2, 0.25) is 0 Å². The number of Topliss-reactive ketones (excluding diaryl/α,β-unsaturated/α-hetero) is 1. The lowest BCUT2D eigenvalue weighted by Crippen LogP contribution is -2.15. The van der Waals surface area contributed by atoms with E-state index in [0.29, 0.717) is 5.56 Å². The van der Waals surface area contributed by atoms with Crippen LogP contribution in [0.3, 0.4) is 0 Å². The van der Waals surface area contributed by atoms with Crippen LogP contribution < -0.4 is 0 Å². The maximum atomic E-state index is 12.3. The van der Waals surface area contributed by atoms with Crippen LogP contribution in [0, 0.1) is 28.6 Å². The molecule has 0 aliphatic heterocycles. The molecule has 0 N–H and O–H groups in total. The van der Waals surface area contributed by atoms with Crippen molar-refractivity contribution in [2.24, 2.45) is 5.92 Å². The summed E-state index contributed by atoms with van der Waals surface area (Å²) in [6.45, 7) is 0. The molecule has 0 spiro atoms. The summed E-state index contributed by atoms with van der Waals surface area (Å²) in [5, 5.41) is 18.3. The minimum Gasteiger partial charge on any atom is -0.294 e. The first-order valence-electron chi connectivity index (χ1n) is 6.68. The monoisotopic (exact) mass is 274 g/mol. The summed E-state index contributed by atoms with van der Waals surface area (Å²) in [5.74, 6) is -1.30. The number of nitriles is 2. The van der Waals surface area contributed by atoms with Crippen LogP contribution in [0.5, 0.6) is 0 Å². The molecule has 2 aromatic rings. The number of rotatable bonds is 5. The Morgan fingerprint density at radius 2 is 1.43 bits per heavy atom. The molecule has 21 heavy (non-hydrogen) atoms. The van der Waals surface area contributed by atoms with Crippen molar-refractivity contribution in [1.29, 1.82) is 10.5 Å². The first kappa shape index (κ1) is 14.5. The Bertz CT molecular complexity index is 667. The third-order valence-electron chi connectivity index (χ3n) is 3.41. The van der Waals surface area contributed by atoms with Crippen molar-refractivity contribution in [3.05, 3.63) is 71.8 Å². The van der Waals surface area contributed by atoms with Gasteiger partial charge in [0.1, 0.15) is 5.92 Å². The number of carbonyl (C=O) groups excluding carboxylic acids is 1. The molecule has 0 bridgehead atoms. The number of nitrogens with zero attached hydrogens (tertiary/aromatic N) is 2. The van der Waals surface area contributed by atoms with Crippen molar-refractivity contribution >= 4 is 5.78 Å². The smallest absolute Gasteiger partial charge is 0.163 e. The molecule has 0 fully saturated rings. The standard InChI is InChI=1S/C18H14N2O/c19-12-16(13-20)17(14-7-3-1-4-8-14)11-18(21)15-9-5-2-6-10-15/h1-10,16-17H,11H2/t17-/m1/s1. The highest BCUT2D eigenvalue weighted by molar-refractivity contribution is 5.96. The largest absolute Gasteiger partial charge is 0.294 e. The second kappa shape index (κ2) is 7.03. The molecule has 0 radical (unpaired) electrons. The van der Waals surface area contributed by atoms with Crippen molar-refractivity contribution in [3.63, 3.8) is 0 Å². The molecule has 0 aliphatic carbocycles. The van der Waals surface area contributed by atoms with Crippen LogP contribution in [-0.2, 0) is 0 Å². The average molecular weight is 274 g/mol. The summed E-state index contributed by atoms with van der Waals surface area (Å²) in [6.07, 6.45) is 0.153. The molecule has 102 valence electrons. The number of benzene rings is 2. The van der Waals surface area contributed by atoms with Crippen LogP contribution in [0.2, 0.25) is 0 Å². The summed E-state index contributed by atoms with van der Waals surface area (Å²) >= 11 is 0. The van der Waals surface area contributed by atoms with Gasteiger partial charge in [0.25, 0.3) is 0 Å². The van der Waals surface area contributed by atoms with Crippen LogP contribution in [0.1, 0.15) is 28.3 Å². The van der Waals surface area contributed by atoms with Crippen molar-refractivity contribution in [1.82, 2.24) is 0 Å². The fourth-order valence-corrected chi connectivity index (χ4v) is 2.28. The van der Waals surface area contributed by atoms with Crippen molar-refractivity contribution in [2.45, 2.75) is 12.3 Å². The van der Waals surface area contributed by atoms with E-state index in [4.69, 9.17) is 10.5 Å². The van der Waals surface area contributed by atoms with Gasteiger partial charge in [-0.2, -0.15) is 10.5 Å². The Morgan fingerprint density at radius 3 is 1.95 bits per heavy atom. The molecule has 3 nitrogen and oxygen atoms in total. The fourth-order valence-electron chi connectivity index (χ4n) is 2.28. The Kier molecular flexibility index (Phi) is 4.85. The van der Waals surface area contributed by atoms with E-state index in [2.05, 4.69) is 0 Å². The fraction of sp³-hybridized carbons (Fsp3) is 0.167. The van der Waals surface area contributed by atoms with Crippen LogP contribution in [-0.4, -0.2) is 5.78 Å². The van der Waals surface area contributed by atoms with E-state index in [1.807, 2.05) is 48.5 Å². The molecule has 1 atom stereocenters. The van der Waals surface area contributed by atoms with E-state index < -0.39 is 11.8 Å². The highest BCUT2D eigenvalue weighted by atomic mass is 16.1. The van der Waals surface area contributed by atoms with Gasteiger partial charge in [-0.1, -0.05) is 60.7 Å². The zero-order chi connectivity index (χ0) is 15.1. The average Bonchev–Trinajstić information content (AvgIpc) is 2.56. The Morgan fingerprint density at radius 1 is 0.905 bits per heavy atom. The van der Waals surface area contributed by atoms with E-state index >= 15 is 0 Å². The third-order valence-corrected chi connectivity index (χ3v) is 3.41. The minimum absolute atomic E-state index is 0.0556. The van der Waals surface area contributed by atoms with E-state index in [1.165, 1.54) is 0 Å². The summed E-state index contributed by atoms with van der Waals surface area (Å²) in [5.41, 5.74) is 1.45. The van der Waals surface area contributed by atoms with E-state index in [-0.39, 0.29) is 12.2 Å². The van der Waals surface area contributed by atoms with Crippen molar-refractivity contribution in [3.8, 4) is 12.1 Å². The molecule has 0 saturated heterocycles. The van der Waals surface area contributed by atoms with Gasteiger partial charge in [-0.15, -0.1) is 0 Å². The Balaban J connectivity index is 2.28. The molecule has 2 aromatic carbocycles. The molecule has 3 heteroatoms. The zero-order valence-corrected chi connectivity index (χ0v) is 11.4. The van der Waals surface area contributed by atoms with Crippen molar-refractivity contribution < 1.29 is 4.79 Å². The SMILES string of the molecule is N#CC(C#N)[C@H](CC(=O)c1ccccc1)c1ccccc1. The number of carbonyl (C=O) groups is 1. The van der Waals surface area contributed by atoms with Gasteiger partial charge in [-0.05, 0) is 5.56 Å². The van der Waals surface area contributed by atoms with Gasteiger partial charge in [0.05, 0.1) is 12.1 Å². The van der Waals surface area contributed by atoms with E-state index in [0.717, 1.165) is 5.56 Å². The molecule has 0 heterocycles. The van der Waals surface area contributed by atoms with Crippen LogP contribution in [0.4, 0.5) is 0 Å². The second-order valence-electron chi connectivity index (χ2n) is 4.75. The maximum Gasteiger partial charge on any atom is 0.163 e. The molecule has 2 rings (SSSR count). The lowest BCUT2D eigenvalue weighted by Gasteiger charge is -2.17. The van der Waals surface area contributed by atoms with Gasteiger partial charge < -0.3 is 0 Å². The Labute approximate surface area is 124 Å². The highest BCUT2D eigenvalue weighted by Crippen LogP contribution is 2.29. The minimum atomic E-state index is -0.833. The number of ketones is 1. The number of hydrogen-bond donors (Lipinski definition) is 0. The molecular weight excluding hydrogens is 260 g/mol. The zero-order valence-electron chi connectivity index (χ0n) is 11.4. The first-order chi connectivity index (χ1) is 10.3. The lowest BCUT2D eigenvalue weighted by atomic mass is 9.83. The predicted molar refractivity (Wildman–Crippen MR) is 79.3 cm³/mol. The molecule has 0 aromatic heterocycles. The summed E-state index contributed by atoms with van der Waals surface area (Å²) in [4.78, 5) is 12.3. The van der Waals surface area contributed by atoms with Gasteiger partial charge >= 0.3 is 0 Å². The van der Waals surface area contributed by atoms with E-state index in [9.17, 15) is 4.79 Å². The summed E-state index contributed by atoms with van der Waals surface area (Å²) in [7, 11) is 0. The van der Waals surface area contributed by atoms with Crippen molar-refractivity contribution in [2.75, 3.05) is 0 Å². The molecule has 0 aliphatic rings. The predicted octanol–water partition coefficient (Wildman–Crippen LogP) is 3.71. The third kappa shape index (κ3) is 3.55. The highest BCUT2D eigenvalue weighted by Gasteiger charge is 2.26. The van der Waals surface area contributed by atoms with Gasteiger partial charge in [0, 0.05) is 17.9 Å². The van der Waals surface area contributed by atoms with Crippen LogP contribution in [0.25, 0.3) is 0 Å².